The second-order valence-electron chi connectivity index (χ2n) is 5.15. The number of carboxylic acids is 1. The fraction of sp³-hybridized carbons (Fsp3) is 0.286. The molecule has 7 nitrogen and oxygen atoms in total. The Morgan fingerprint density at radius 2 is 1.76 bits per heavy atom. The van der Waals surface area contributed by atoms with Crippen molar-refractivity contribution in [2.45, 2.75) is 24.7 Å². The second-order valence-corrected chi connectivity index (χ2v) is 5.15. The summed E-state index contributed by atoms with van der Waals surface area (Å²) in [6.45, 7) is 3.22. The highest BCUT2D eigenvalue weighted by molar-refractivity contribution is 5.91. The summed E-state index contributed by atoms with van der Waals surface area (Å²) in [5.41, 5.74) is 0.787. The summed E-state index contributed by atoms with van der Waals surface area (Å²) in [6.07, 6.45) is 4.12. The smallest absolute Gasteiger partial charge is 0.337 e. The van der Waals surface area contributed by atoms with Crippen LogP contribution in [0.4, 0.5) is 0 Å². The molecule has 0 fully saturated rings. The lowest BCUT2D eigenvalue weighted by atomic mass is 10.0. The minimum Gasteiger partial charge on any atom is -0.492 e. The predicted molar refractivity (Wildman–Crippen MR) is 70.0 cm³/mol. The lowest BCUT2D eigenvalue weighted by Crippen LogP contribution is -2.21. The number of carbonyl (C=O) groups excluding carboxylic acids is 1. The highest BCUT2D eigenvalue weighted by Gasteiger charge is 2.42. The molecule has 2 bridgehead atoms. The minimum absolute atomic E-state index is 0.00448. The van der Waals surface area contributed by atoms with Gasteiger partial charge in [-0.15, -0.1) is 4.73 Å². The average Bonchev–Trinajstić information content (AvgIpc) is 3.08. The lowest BCUT2D eigenvalue weighted by molar-refractivity contribution is -0.146. The van der Waals surface area contributed by atoms with E-state index in [1.807, 2.05) is 12.2 Å². The van der Waals surface area contributed by atoms with E-state index in [-0.39, 0.29) is 29.2 Å². The zero-order valence-electron chi connectivity index (χ0n) is 10.9. The van der Waals surface area contributed by atoms with Crippen molar-refractivity contribution in [2.24, 2.45) is 0 Å². The first kappa shape index (κ1) is 13.3. The maximum Gasteiger partial charge on any atom is 0.337 e. The van der Waals surface area contributed by atoms with Crippen molar-refractivity contribution in [3.05, 3.63) is 35.4 Å². The zero-order chi connectivity index (χ0) is 15.3. The van der Waals surface area contributed by atoms with Gasteiger partial charge in [0.25, 0.3) is 0 Å². The molecule has 7 heteroatoms. The standard InChI is InChI=1S/C14H13NO6/c1-6(14(19)20)4-9(16)21-15-12(17)10-7-2-3-8(5-7)11(10)13(15)18/h2-3,7-8,17-18H,1,4-5H2,(H,19,20). The summed E-state index contributed by atoms with van der Waals surface area (Å²) in [5.74, 6) is -2.88. The summed E-state index contributed by atoms with van der Waals surface area (Å²) in [5, 5.41) is 28.9. The van der Waals surface area contributed by atoms with Crippen LogP contribution in [-0.2, 0) is 9.59 Å². The van der Waals surface area contributed by atoms with Gasteiger partial charge >= 0.3 is 11.9 Å². The van der Waals surface area contributed by atoms with Gasteiger partial charge in [0.1, 0.15) is 0 Å². The predicted octanol–water partition coefficient (Wildman–Crippen LogP) is 1.03. The van der Waals surface area contributed by atoms with Crippen LogP contribution >= 0.6 is 0 Å². The molecule has 3 rings (SSSR count). The molecule has 3 N–H and O–H groups in total. The molecule has 110 valence electrons. The summed E-state index contributed by atoms with van der Waals surface area (Å²) < 4.78 is 0.647. The van der Waals surface area contributed by atoms with Crippen LogP contribution in [0.3, 0.4) is 0 Å². The average molecular weight is 291 g/mol. The van der Waals surface area contributed by atoms with Gasteiger partial charge in [-0.05, 0) is 6.42 Å². The topological polar surface area (TPSA) is 109 Å². The Bertz CT molecular complexity index is 663. The molecule has 0 amide bonds. The van der Waals surface area contributed by atoms with Gasteiger partial charge < -0.3 is 20.2 Å². The first-order valence-electron chi connectivity index (χ1n) is 6.37. The van der Waals surface area contributed by atoms with Crippen LogP contribution in [0, 0.1) is 0 Å². The third-order valence-electron chi connectivity index (χ3n) is 3.84. The van der Waals surface area contributed by atoms with Gasteiger partial charge in [0.15, 0.2) is 0 Å². The summed E-state index contributed by atoms with van der Waals surface area (Å²) in [4.78, 5) is 27.1. The van der Waals surface area contributed by atoms with Crippen molar-refractivity contribution in [1.82, 2.24) is 4.73 Å². The maximum absolute atomic E-state index is 11.6. The number of carbonyl (C=O) groups is 2. The fourth-order valence-corrected chi connectivity index (χ4v) is 2.89. The lowest BCUT2D eigenvalue weighted by Gasteiger charge is -2.09. The SMILES string of the molecule is C=C(CC(=O)On1c(O)c2c(c1O)C1C=CC2C1)C(=O)O. The highest BCUT2D eigenvalue weighted by Crippen LogP contribution is 2.56. The van der Waals surface area contributed by atoms with Crippen molar-refractivity contribution in [2.75, 3.05) is 0 Å². The molecule has 1 aromatic rings. The van der Waals surface area contributed by atoms with Gasteiger partial charge in [0.05, 0.1) is 6.42 Å². The van der Waals surface area contributed by atoms with Gasteiger partial charge in [-0.2, -0.15) is 0 Å². The van der Waals surface area contributed by atoms with Crippen molar-refractivity contribution in [3.8, 4) is 11.8 Å². The molecule has 1 heterocycles. The van der Waals surface area contributed by atoms with Crippen LogP contribution in [0.1, 0.15) is 35.8 Å². The molecule has 21 heavy (non-hydrogen) atoms. The van der Waals surface area contributed by atoms with Crippen molar-refractivity contribution in [1.29, 1.82) is 0 Å². The number of carboxylic acid groups (broad SMARTS) is 1. The van der Waals surface area contributed by atoms with E-state index in [9.17, 15) is 19.8 Å². The number of allylic oxidation sites excluding steroid dienone is 2. The molecule has 2 unspecified atom stereocenters. The van der Waals surface area contributed by atoms with Gasteiger partial charge in [-0.3, -0.25) is 0 Å². The normalized spacial score (nSPS) is 21.3. The maximum atomic E-state index is 11.6. The number of aromatic hydroxyl groups is 2. The van der Waals surface area contributed by atoms with E-state index >= 15 is 0 Å². The number of nitrogens with zero attached hydrogens (tertiary/aromatic N) is 1. The largest absolute Gasteiger partial charge is 0.492 e. The van der Waals surface area contributed by atoms with E-state index in [4.69, 9.17) is 9.94 Å². The monoisotopic (exact) mass is 291 g/mol. The fourth-order valence-electron chi connectivity index (χ4n) is 2.89. The van der Waals surface area contributed by atoms with E-state index in [1.54, 1.807) is 0 Å². The molecule has 0 radical (unpaired) electrons. The zero-order valence-corrected chi connectivity index (χ0v) is 10.9. The number of fused-ring (bicyclic) bond motifs is 5. The molecule has 2 aliphatic carbocycles. The van der Waals surface area contributed by atoms with E-state index < -0.39 is 18.4 Å². The highest BCUT2D eigenvalue weighted by atomic mass is 16.7. The van der Waals surface area contributed by atoms with Crippen LogP contribution < -0.4 is 4.84 Å². The first-order valence-corrected chi connectivity index (χ1v) is 6.37. The Labute approximate surface area is 119 Å². The van der Waals surface area contributed by atoms with Crippen LogP contribution in [0.5, 0.6) is 11.8 Å². The van der Waals surface area contributed by atoms with Gasteiger partial charge in [-0.1, -0.05) is 18.7 Å². The van der Waals surface area contributed by atoms with Crippen molar-refractivity contribution < 1.29 is 29.7 Å². The molecule has 2 aliphatic rings. The van der Waals surface area contributed by atoms with Crippen LogP contribution in [0.15, 0.2) is 24.3 Å². The second kappa shape index (κ2) is 4.41. The van der Waals surface area contributed by atoms with Crippen LogP contribution in [0.2, 0.25) is 0 Å². The summed E-state index contributed by atoms with van der Waals surface area (Å²) in [7, 11) is 0. The molecule has 2 atom stereocenters. The van der Waals surface area contributed by atoms with Gasteiger partial charge in [0, 0.05) is 28.5 Å². The quantitative estimate of drug-likeness (QED) is 0.564. The van der Waals surface area contributed by atoms with Gasteiger partial charge in [0.2, 0.25) is 11.8 Å². The Hall–Kier alpha value is -2.70. The van der Waals surface area contributed by atoms with Crippen molar-refractivity contribution in [3.63, 3.8) is 0 Å². The molecule has 0 spiro atoms. The first-order chi connectivity index (χ1) is 9.90. The number of hydrogen-bond acceptors (Lipinski definition) is 5. The van der Waals surface area contributed by atoms with Crippen LogP contribution in [-0.4, -0.2) is 32.0 Å². The number of aromatic nitrogens is 1. The number of rotatable bonds is 4. The number of aliphatic carboxylic acids is 1. The Morgan fingerprint density at radius 1 is 1.24 bits per heavy atom. The number of hydrogen-bond donors (Lipinski definition) is 3. The molecule has 1 aromatic heterocycles. The molecule has 0 aliphatic heterocycles. The van der Waals surface area contributed by atoms with Gasteiger partial charge in [-0.25, -0.2) is 9.59 Å². The third kappa shape index (κ3) is 1.89. The summed E-state index contributed by atoms with van der Waals surface area (Å²) >= 11 is 0. The Kier molecular flexibility index (Phi) is 2.79. The third-order valence-corrected chi connectivity index (χ3v) is 3.84. The molecular formula is C14H13NO6. The molecular weight excluding hydrogens is 278 g/mol. The van der Waals surface area contributed by atoms with E-state index in [0.29, 0.717) is 15.9 Å². The Balaban J connectivity index is 1.84. The Morgan fingerprint density at radius 3 is 2.24 bits per heavy atom. The van der Waals surface area contributed by atoms with E-state index in [1.165, 1.54) is 0 Å². The molecule has 0 saturated heterocycles. The molecule has 0 saturated carbocycles. The van der Waals surface area contributed by atoms with E-state index in [0.717, 1.165) is 6.42 Å². The van der Waals surface area contributed by atoms with Crippen LogP contribution in [0.25, 0.3) is 0 Å². The minimum atomic E-state index is -1.31. The van der Waals surface area contributed by atoms with E-state index in [2.05, 4.69) is 6.58 Å². The molecule has 0 aromatic carbocycles. The van der Waals surface area contributed by atoms with Crippen molar-refractivity contribution >= 4 is 11.9 Å². The summed E-state index contributed by atoms with van der Waals surface area (Å²) in [6, 6.07) is 0.